The molecule has 0 aliphatic carbocycles. The van der Waals surface area contributed by atoms with Crippen LogP contribution in [0.4, 0.5) is 0 Å². The lowest BCUT2D eigenvalue weighted by Gasteiger charge is -2.15. The molecule has 1 rings (SSSR count). The highest BCUT2D eigenvalue weighted by Gasteiger charge is 2.23. The molecule has 0 fully saturated rings. The molecule has 1 N–H and O–H groups in total. The number of carbonyl (C=O) groups is 2. The predicted octanol–water partition coefficient (Wildman–Crippen LogP) is 3.05. The topological polar surface area (TPSA) is 46.2 Å². The number of Topliss-reactive ketones (excluding diaryl/α,β-unsaturated/α-hetero) is 1. The van der Waals surface area contributed by atoms with Gasteiger partial charge in [0.1, 0.15) is 6.04 Å². The van der Waals surface area contributed by atoms with Crippen molar-refractivity contribution in [3.8, 4) is 0 Å². The van der Waals surface area contributed by atoms with Crippen LogP contribution in [0.3, 0.4) is 0 Å². The van der Waals surface area contributed by atoms with Crippen molar-refractivity contribution >= 4 is 58.1 Å². The maximum Gasteiger partial charge on any atom is 0.253 e. The van der Waals surface area contributed by atoms with Gasteiger partial charge in [0.15, 0.2) is 10.6 Å². The molecule has 7 heteroatoms. The van der Waals surface area contributed by atoms with Crippen molar-refractivity contribution in [1.82, 2.24) is 5.32 Å². The van der Waals surface area contributed by atoms with Crippen molar-refractivity contribution in [1.29, 1.82) is 0 Å². The van der Waals surface area contributed by atoms with Gasteiger partial charge in [-0.1, -0.05) is 34.8 Å². The molecule has 98 valence electrons. The molecule has 0 spiro atoms. The Bertz CT molecular complexity index is 433. The van der Waals surface area contributed by atoms with Crippen LogP contribution >= 0.6 is 46.4 Å². The molecule has 3 nitrogen and oxygen atoms in total. The zero-order chi connectivity index (χ0) is 13.7. The standard InChI is InChI=1S/C11H9Cl4NO2/c12-5-8(16-11(18)10(14)15)9(17)6-1-3-7(13)4-2-6/h1-4,8,10H,5H2,(H,16,18)/t8-/m1/s1. The SMILES string of the molecule is O=C(N[C@H](CCl)C(=O)c1ccc(Cl)cc1)C(Cl)Cl. The van der Waals surface area contributed by atoms with Crippen molar-refractivity contribution in [3.05, 3.63) is 34.9 Å². The molecule has 0 bridgehead atoms. The van der Waals surface area contributed by atoms with Gasteiger partial charge >= 0.3 is 0 Å². The molecule has 0 aromatic heterocycles. The van der Waals surface area contributed by atoms with Crippen LogP contribution in [-0.4, -0.2) is 28.4 Å². The Labute approximate surface area is 124 Å². The Morgan fingerprint density at radius 3 is 2.17 bits per heavy atom. The van der Waals surface area contributed by atoms with E-state index >= 15 is 0 Å². The van der Waals surface area contributed by atoms with E-state index in [1.807, 2.05) is 0 Å². The maximum atomic E-state index is 12.0. The smallest absolute Gasteiger partial charge is 0.253 e. The Morgan fingerprint density at radius 1 is 1.17 bits per heavy atom. The molecule has 0 saturated carbocycles. The lowest BCUT2D eigenvalue weighted by atomic mass is 10.1. The third-order valence-electron chi connectivity index (χ3n) is 2.11. The van der Waals surface area contributed by atoms with Gasteiger partial charge in [0.2, 0.25) is 0 Å². The molecular weight excluding hydrogens is 320 g/mol. The summed E-state index contributed by atoms with van der Waals surface area (Å²) in [7, 11) is 0. The largest absolute Gasteiger partial charge is 0.342 e. The van der Waals surface area contributed by atoms with Crippen LogP contribution in [0.1, 0.15) is 10.4 Å². The van der Waals surface area contributed by atoms with Gasteiger partial charge in [-0.2, -0.15) is 0 Å². The van der Waals surface area contributed by atoms with Crippen molar-refractivity contribution in [2.45, 2.75) is 10.9 Å². The monoisotopic (exact) mass is 327 g/mol. The molecule has 0 heterocycles. The van der Waals surface area contributed by atoms with Crippen molar-refractivity contribution < 1.29 is 9.59 Å². The van der Waals surface area contributed by atoms with Crippen LogP contribution in [0, 0.1) is 0 Å². The van der Waals surface area contributed by atoms with E-state index in [4.69, 9.17) is 46.4 Å². The fraction of sp³-hybridized carbons (Fsp3) is 0.273. The number of hydrogen-bond acceptors (Lipinski definition) is 2. The van der Waals surface area contributed by atoms with E-state index in [-0.39, 0.29) is 11.7 Å². The highest BCUT2D eigenvalue weighted by Crippen LogP contribution is 2.12. The van der Waals surface area contributed by atoms with Crippen molar-refractivity contribution in [2.24, 2.45) is 0 Å². The number of carbonyl (C=O) groups excluding carboxylic acids is 2. The van der Waals surface area contributed by atoms with Gasteiger partial charge in [0.25, 0.3) is 5.91 Å². The summed E-state index contributed by atoms with van der Waals surface area (Å²) in [6, 6.07) is 5.38. The van der Waals surface area contributed by atoms with Crippen LogP contribution < -0.4 is 5.32 Å². The summed E-state index contributed by atoms with van der Waals surface area (Å²) in [6.45, 7) is 0. The second-order valence-electron chi connectivity index (χ2n) is 3.39. The zero-order valence-corrected chi connectivity index (χ0v) is 12.0. The summed E-state index contributed by atoms with van der Waals surface area (Å²) in [4.78, 5) is 22.1. The van der Waals surface area contributed by atoms with E-state index < -0.39 is 16.8 Å². The van der Waals surface area contributed by atoms with E-state index in [2.05, 4.69) is 5.32 Å². The van der Waals surface area contributed by atoms with Crippen LogP contribution in [0.15, 0.2) is 24.3 Å². The number of hydrogen-bond donors (Lipinski definition) is 1. The fourth-order valence-electron chi connectivity index (χ4n) is 1.22. The highest BCUT2D eigenvalue weighted by atomic mass is 35.5. The van der Waals surface area contributed by atoms with Crippen LogP contribution in [0.5, 0.6) is 0 Å². The van der Waals surface area contributed by atoms with E-state index in [1.165, 1.54) is 0 Å². The van der Waals surface area contributed by atoms with Gasteiger partial charge in [-0.05, 0) is 24.3 Å². The summed E-state index contributed by atoms with van der Waals surface area (Å²) >= 11 is 22.1. The molecule has 1 aromatic carbocycles. The number of alkyl halides is 3. The van der Waals surface area contributed by atoms with Gasteiger partial charge in [-0.3, -0.25) is 9.59 Å². The third-order valence-corrected chi connectivity index (χ3v) is 3.07. The van der Waals surface area contributed by atoms with E-state index in [9.17, 15) is 9.59 Å². The first-order valence-corrected chi connectivity index (χ1v) is 6.68. The zero-order valence-electron chi connectivity index (χ0n) is 9.00. The fourth-order valence-corrected chi connectivity index (χ4v) is 1.69. The molecule has 0 unspecified atom stereocenters. The van der Waals surface area contributed by atoms with E-state index in [0.29, 0.717) is 10.6 Å². The van der Waals surface area contributed by atoms with Crippen LogP contribution in [0.2, 0.25) is 5.02 Å². The van der Waals surface area contributed by atoms with Crippen molar-refractivity contribution in [3.63, 3.8) is 0 Å². The third kappa shape index (κ3) is 4.32. The minimum absolute atomic E-state index is 0.0757. The Hall–Kier alpha value is -0.480. The second-order valence-corrected chi connectivity index (χ2v) is 5.23. The van der Waals surface area contributed by atoms with Gasteiger partial charge < -0.3 is 5.32 Å². The first kappa shape index (κ1) is 15.6. The molecule has 1 amide bonds. The number of nitrogens with one attached hydrogen (secondary N) is 1. The normalized spacial score (nSPS) is 12.3. The number of ketones is 1. The van der Waals surface area contributed by atoms with E-state index in [0.717, 1.165) is 0 Å². The van der Waals surface area contributed by atoms with Gasteiger partial charge in [0, 0.05) is 10.6 Å². The molecule has 1 atom stereocenters. The second kappa shape index (κ2) is 7.19. The number of rotatable bonds is 5. The van der Waals surface area contributed by atoms with Gasteiger partial charge in [-0.25, -0.2) is 0 Å². The molecule has 1 aromatic rings. The first-order valence-electron chi connectivity index (χ1n) is 4.90. The Morgan fingerprint density at radius 2 is 1.72 bits per heavy atom. The molecule has 0 saturated heterocycles. The Kier molecular flexibility index (Phi) is 6.22. The summed E-state index contributed by atoms with van der Waals surface area (Å²) in [5.41, 5.74) is 0.394. The molecule has 0 aliphatic rings. The maximum absolute atomic E-state index is 12.0. The lowest BCUT2D eigenvalue weighted by Crippen LogP contribution is -2.44. The number of halogens is 4. The van der Waals surface area contributed by atoms with Crippen molar-refractivity contribution in [2.75, 3.05) is 5.88 Å². The van der Waals surface area contributed by atoms with E-state index in [1.54, 1.807) is 24.3 Å². The Balaban J connectivity index is 2.79. The van der Waals surface area contributed by atoms with Crippen LogP contribution in [-0.2, 0) is 4.79 Å². The summed E-state index contributed by atoms with van der Waals surface area (Å²) in [6.07, 6.45) is 0. The van der Waals surface area contributed by atoms with Gasteiger partial charge in [0.05, 0.1) is 5.88 Å². The molecule has 18 heavy (non-hydrogen) atoms. The molecular formula is C11H9Cl4NO2. The number of benzene rings is 1. The minimum Gasteiger partial charge on any atom is -0.342 e. The molecule has 0 aliphatic heterocycles. The lowest BCUT2D eigenvalue weighted by molar-refractivity contribution is -0.119. The van der Waals surface area contributed by atoms with Crippen LogP contribution in [0.25, 0.3) is 0 Å². The summed E-state index contributed by atoms with van der Waals surface area (Å²) < 4.78 is 0. The highest BCUT2D eigenvalue weighted by molar-refractivity contribution is 6.53. The average molecular weight is 329 g/mol. The van der Waals surface area contributed by atoms with Gasteiger partial charge in [-0.15, -0.1) is 11.6 Å². The molecule has 0 radical (unpaired) electrons. The minimum atomic E-state index is -1.24. The summed E-state index contributed by atoms with van der Waals surface area (Å²) in [5, 5.41) is 2.88. The first-order chi connectivity index (χ1) is 8.45. The summed E-state index contributed by atoms with van der Waals surface area (Å²) in [5.74, 6) is -1.07. The quantitative estimate of drug-likeness (QED) is 0.667. The predicted molar refractivity (Wildman–Crippen MR) is 73.9 cm³/mol. The average Bonchev–Trinajstić information content (AvgIpc) is 2.35. The number of amides is 1.